The number of rotatable bonds is 5. The summed E-state index contributed by atoms with van der Waals surface area (Å²) in [6.07, 6.45) is 7.32. The lowest BCUT2D eigenvalue weighted by atomic mass is 10.2. The highest BCUT2D eigenvalue weighted by Crippen LogP contribution is 2.38. The van der Waals surface area contributed by atoms with Crippen LogP contribution in [0.2, 0.25) is 0 Å². The molecule has 0 saturated heterocycles. The molecule has 2 saturated carbocycles. The van der Waals surface area contributed by atoms with E-state index >= 15 is 0 Å². The predicted octanol–water partition coefficient (Wildman–Crippen LogP) is 3.20. The Morgan fingerprint density at radius 2 is 2.12 bits per heavy atom. The molecule has 1 heterocycles. The normalized spacial score (nSPS) is 19.8. The Labute approximate surface area is 102 Å². The van der Waals surface area contributed by atoms with Gasteiger partial charge >= 0.3 is 0 Å². The van der Waals surface area contributed by atoms with E-state index in [2.05, 4.69) is 16.0 Å². The highest BCUT2D eigenvalue weighted by molar-refractivity contribution is 6.17. The fourth-order valence-corrected chi connectivity index (χ4v) is 2.38. The Morgan fingerprint density at radius 3 is 2.75 bits per heavy atom. The maximum absolute atomic E-state index is 5.99. The average molecular weight is 237 g/mol. The first-order valence-electron chi connectivity index (χ1n) is 6.15. The van der Waals surface area contributed by atoms with Crippen molar-refractivity contribution in [3.8, 4) is 0 Å². The van der Waals surface area contributed by atoms with Gasteiger partial charge in [-0.05, 0) is 37.7 Å². The number of anilines is 1. The molecular formula is C13H17ClN2. The van der Waals surface area contributed by atoms with E-state index in [0.717, 1.165) is 17.8 Å². The maximum Gasteiger partial charge on any atom is 0.133 e. The van der Waals surface area contributed by atoms with Gasteiger partial charge in [0.2, 0.25) is 0 Å². The highest BCUT2D eigenvalue weighted by atomic mass is 35.5. The lowest BCUT2D eigenvalue weighted by Gasteiger charge is -2.25. The third-order valence-corrected chi connectivity index (χ3v) is 3.71. The summed E-state index contributed by atoms with van der Waals surface area (Å²) in [6.45, 7) is 1.19. The molecule has 86 valence electrons. The van der Waals surface area contributed by atoms with E-state index < -0.39 is 0 Å². The predicted molar refractivity (Wildman–Crippen MR) is 66.9 cm³/mol. The first-order chi connectivity index (χ1) is 7.88. The third-order valence-electron chi connectivity index (χ3n) is 3.42. The largest absolute Gasteiger partial charge is 0.353 e. The van der Waals surface area contributed by atoms with Crippen molar-refractivity contribution >= 4 is 17.4 Å². The van der Waals surface area contributed by atoms with Crippen LogP contribution >= 0.6 is 11.6 Å². The van der Waals surface area contributed by atoms with Crippen LogP contribution in [0.1, 0.15) is 31.2 Å². The summed E-state index contributed by atoms with van der Waals surface area (Å²) in [4.78, 5) is 7.03. The molecule has 0 N–H and O–H groups in total. The fourth-order valence-electron chi connectivity index (χ4n) is 2.17. The number of hydrogen-bond acceptors (Lipinski definition) is 2. The van der Waals surface area contributed by atoms with Crippen LogP contribution in [0.5, 0.6) is 0 Å². The van der Waals surface area contributed by atoms with Crippen molar-refractivity contribution in [3.05, 3.63) is 23.9 Å². The fraction of sp³-hybridized carbons (Fsp3) is 0.615. The van der Waals surface area contributed by atoms with Gasteiger partial charge in [-0.2, -0.15) is 0 Å². The second-order valence-electron chi connectivity index (χ2n) is 4.95. The van der Waals surface area contributed by atoms with Crippen molar-refractivity contribution in [1.29, 1.82) is 0 Å². The first-order valence-corrected chi connectivity index (χ1v) is 6.68. The molecule has 2 aliphatic carbocycles. The average Bonchev–Trinajstić information content (AvgIpc) is 3.16. The molecule has 0 atom stereocenters. The molecule has 0 radical (unpaired) electrons. The van der Waals surface area contributed by atoms with Crippen molar-refractivity contribution in [1.82, 2.24) is 4.98 Å². The summed E-state index contributed by atoms with van der Waals surface area (Å²) < 4.78 is 0. The van der Waals surface area contributed by atoms with E-state index in [9.17, 15) is 0 Å². The maximum atomic E-state index is 5.99. The van der Waals surface area contributed by atoms with Crippen LogP contribution < -0.4 is 4.90 Å². The summed E-state index contributed by atoms with van der Waals surface area (Å²) in [6, 6.07) is 4.80. The minimum absolute atomic E-state index is 0.567. The smallest absolute Gasteiger partial charge is 0.133 e. The molecule has 3 rings (SSSR count). The van der Waals surface area contributed by atoms with Gasteiger partial charge in [-0.3, -0.25) is 0 Å². The summed E-state index contributed by atoms with van der Waals surface area (Å²) >= 11 is 5.99. The molecular weight excluding hydrogens is 220 g/mol. The number of hydrogen-bond donors (Lipinski definition) is 0. The summed E-state index contributed by atoms with van der Waals surface area (Å²) in [5, 5.41) is 0. The van der Waals surface area contributed by atoms with Crippen molar-refractivity contribution < 1.29 is 0 Å². The molecule has 1 aromatic rings. The SMILES string of the molecule is ClCc1cccnc1N(CC1CC1)C1CC1. The lowest BCUT2D eigenvalue weighted by molar-refractivity contribution is 0.706. The third kappa shape index (κ3) is 2.17. The van der Waals surface area contributed by atoms with E-state index in [-0.39, 0.29) is 0 Å². The summed E-state index contributed by atoms with van der Waals surface area (Å²) in [5.74, 6) is 2.61. The van der Waals surface area contributed by atoms with Gasteiger partial charge < -0.3 is 4.90 Å². The zero-order valence-electron chi connectivity index (χ0n) is 9.40. The van der Waals surface area contributed by atoms with E-state index in [0.29, 0.717) is 5.88 Å². The minimum Gasteiger partial charge on any atom is -0.353 e. The topological polar surface area (TPSA) is 16.1 Å². The lowest BCUT2D eigenvalue weighted by Crippen LogP contribution is -2.29. The molecule has 0 amide bonds. The Bertz CT molecular complexity index is 372. The van der Waals surface area contributed by atoms with Gasteiger partial charge in [-0.25, -0.2) is 4.98 Å². The van der Waals surface area contributed by atoms with E-state index in [1.165, 1.54) is 37.8 Å². The number of nitrogens with zero attached hydrogens (tertiary/aromatic N) is 2. The van der Waals surface area contributed by atoms with Crippen LogP contribution in [0.25, 0.3) is 0 Å². The van der Waals surface area contributed by atoms with Crippen molar-refractivity contribution in [2.24, 2.45) is 5.92 Å². The van der Waals surface area contributed by atoms with E-state index in [1.54, 1.807) is 0 Å². The Morgan fingerprint density at radius 1 is 1.31 bits per heavy atom. The van der Waals surface area contributed by atoms with Crippen LogP contribution in [-0.2, 0) is 5.88 Å². The second kappa shape index (κ2) is 4.25. The number of alkyl halides is 1. The number of aromatic nitrogens is 1. The summed E-state index contributed by atoms with van der Waals surface area (Å²) in [5.41, 5.74) is 1.18. The van der Waals surface area contributed by atoms with Crippen molar-refractivity contribution in [2.45, 2.75) is 37.6 Å². The van der Waals surface area contributed by atoms with Gasteiger partial charge in [-0.1, -0.05) is 6.07 Å². The van der Waals surface area contributed by atoms with Crippen molar-refractivity contribution in [3.63, 3.8) is 0 Å². The number of pyridine rings is 1. The number of halogens is 1. The molecule has 3 heteroatoms. The van der Waals surface area contributed by atoms with Crippen LogP contribution in [-0.4, -0.2) is 17.6 Å². The Balaban J connectivity index is 1.84. The zero-order chi connectivity index (χ0) is 11.0. The second-order valence-corrected chi connectivity index (χ2v) is 5.21. The van der Waals surface area contributed by atoms with Gasteiger partial charge in [0.25, 0.3) is 0 Å². The van der Waals surface area contributed by atoms with Gasteiger partial charge in [0, 0.05) is 24.3 Å². The van der Waals surface area contributed by atoms with Gasteiger partial charge in [-0.15, -0.1) is 11.6 Å². The van der Waals surface area contributed by atoms with Crippen LogP contribution in [0.3, 0.4) is 0 Å². The Kier molecular flexibility index (Phi) is 2.76. The van der Waals surface area contributed by atoms with Crippen molar-refractivity contribution in [2.75, 3.05) is 11.4 Å². The van der Waals surface area contributed by atoms with Crippen LogP contribution in [0, 0.1) is 5.92 Å². The zero-order valence-corrected chi connectivity index (χ0v) is 10.2. The van der Waals surface area contributed by atoms with Crippen LogP contribution in [0.15, 0.2) is 18.3 Å². The molecule has 2 aliphatic rings. The van der Waals surface area contributed by atoms with E-state index in [4.69, 9.17) is 11.6 Å². The molecule has 0 spiro atoms. The first kappa shape index (κ1) is 10.4. The minimum atomic E-state index is 0.567. The molecule has 0 bridgehead atoms. The van der Waals surface area contributed by atoms with E-state index in [1.807, 2.05) is 12.3 Å². The molecule has 1 aromatic heterocycles. The van der Waals surface area contributed by atoms with Gasteiger partial charge in [0.05, 0.1) is 5.88 Å². The molecule has 2 nitrogen and oxygen atoms in total. The Hall–Kier alpha value is -0.760. The summed E-state index contributed by atoms with van der Waals surface area (Å²) in [7, 11) is 0. The molecule has 0 aromatic carbocycles. The van der Waals surface area contributed by atoms with Crippen LogP contribution in [0.4, 0.5) is 5.82 Å². The molecule has 16 heavy (non-hydrogen) atoms. The standard InChI is InChI=1S/C13H17ClN2/c14-8-11-2-1-7-15-13(11)16(12-5-6-12)9-10-3-4-10/h1-2,7,10,12H,3-6,8-9H2. The molecule has 0 unspecified atom stereocenters. The monoisotopic (exact) mass is 236 g/mol. The quantitative estimate of drug-likeness (QED) is 0.730. The van der Waals surface area contributed by atoms with Gasteiger partial charge in [0.15, 0.2) is 0 Å². The highest BCUT2D eigenvalue weighted by Gasteiger charge is 2.35. The molecule has 0 aliphatic heterocycles. The molecule has 2 fully saturated rings. The van der Waals surface area contributed by atoms with Gasteiger partial charge in [0.1, 0.15) is 5.82 Å².